The molecule has 0 radical (unpaired) electrons. The van der Waals surface area contributed by atoms with Crippen LogP contribution < -0.4 is 10.5 Å². The summed E-state index contributed by atoms with van der Waals surface area (Å²) in [5.41, 5.74) is 4.01. The van der Waals surface area contributed by atoms with E-state index in [2.05, 4.69) is 15.3 Å². The zero-order valence-corrected chi connectivity index (χ0v) is 16.9. The molecule has 5 N–H and O–H groups in total. The molecule has 8 nitrogen and oxygen atoms in total. The van der Waals surface area contributed by atoms with Gasteiger partial charge in [-0.2, -0.15) is 0 Å². The smallest absolute Gasteiger partial charge is 0.249 e. The fourth-order valence-corrected chi connectivity index (χ4v) is 4.57. The molecule has 0 spiro atoms. The number of thiazole rings is 1. The summed E-state index contributed by atoms with van der Waals surface area (Å²) in [6.07, 6.45) is 1.88. The second-order valence-corrected chi connectivity index (χ2v) is 8.78. The average molecular weight is 421 g/mol. The number of pyridine rings is 1. The molecule has 0 saturated heterocycles. The lowest BCUT2D eigenvalue weighted by molar-refractivity contribution is -0.115. The second-order valence-electron chi connectivity index (χ2n) is 6.03. The molecule has 0 atom stereocenters. The second kappa shape index (κ2) is 8.57. The Hall–Kier alpha value is -2.66. The van der Waals surface area contributed by atoms with Crippen molar-refractivity contribution in [3.63, 3.8) is 0 Å². The number of carbonyl (C=O) groups is 1. The molecule has 0 aliphatic carbocycles. The van der Waals surface area contributed by atoms with Gasteiger partial charge in [0.25, 0.3) is 0 Å². The minimum Gasteiger partial charge on any atom is -0.412 e. The molecule has 28 heavy (non-hydrogen) atoms. The quantitative estimate of drug-likeness (QED) is 0.646. The molecular formula is C18H20N4O4S2. The minimum absolute atomic E-state index is 0. The van der Waals surface area contributed by atoms with Crippen molar-refractivity contribution in [1.29, 1.82) is 0 Å². The first-order chi connectivity index (χ1) is 12.7. The molecule has 0 aliphatic heterocycles. The third-order valence-corrected chi connectivity index (χ3v) is 6.48. The molecule has 2 heterocycles. The Morgan fingerprint density at radius 1 is 1.21 bits per heavy atom. The monoisotopic (exact) mass is 420 g/mol. The van der Waals surface area contributed by atoms with Crippen molar-refractivity contribution >= 4 is 32.4 Å². The first kappa shape index (κ1) is 21.6. The normalized spacial score (nSPS) is 11.0. The van der Waals surface area contributed by atoms with E-state index in [9.17, 15) is 13.2 Å². The predicted molar refractivity (Wildman–Crippen MR) is 109 cm³/mol. The zero-order chi connectivity index (χ0) is 19.6. The van der Waals surface area contributed by atoms with Crippen molar-refractivity contribution < 1.29 is 18.7 Å². The lowest BCUT2D eigenvalue weighted by atomic mass is 10.0. The van der Waals surface area contributed by atoms with Crippen LogP contribution in [-0.4, -0.2) is 29.8 Å². The molecule has 0 fully saturated rings. The Kier molecular flexibility index (Phi) is 6.62. The number of anilines is 1. The third-order valence-electron chi connectivity index (χ3n) is 3.86. The van der Waals surface area contributed by atoms with Gasteiger partial charge in [0.05, 0.1) is 17.8 Å². The maximum absolute atomic E-state index is 12.3. The number of nitrogens with two attached hydrogens (primary N) is 1. The topological polar surface area (TPSA) is 147 Å². The summed E-state index contributed by atoms with van der Waals surface area (Å²) >= 11 is 0.844. The fraction of sp³-hybridized carbons (Fsp3) is 0.167. The SMILES string of the molecule is Cc1cc(CC(=O)Nc2nc(C)c(S(N)(=O)=O)s2)ccc1-c1ccccn1.O. The van der Waals surface area contributed by atoms with Gasteiger partial charge in [-0.15, -0.1) is 0 Å². The van der Waals surface area contributed by atoms with Crippen LogP contribution >= 0.6 is 11.3 Å². The van der Waals surface area contributed by atoms with Crippen LogP contribution in [-0.2, 0) is 21.2 Å². The summed E-state index contributed by atoms with van der Waals surface area (Å²) < 4.78 is 22.9. The van der Waals surface area contributed by atoms with Gasteiger partial charge < -0.3 is 10.8 Å². The van der Waals surface area contributed by atoms with Crippen LogP contribution in [0, 0.1) is 13.8 Å². The number of amides is 1. The summed E-state index contributed by atoms with van der Waals surface area (Å²) in [6.45, 7) is 3.50. The Bertz CT molecular complexity index is 1100. The number of rotatable bonds is 5. The van der Waals surface area contributed by atoms with Crippen LogP contribution in [0.1, 0.15) is 16.8 Å². The Balaban J connectivity index is 0.00000280. The number of nitrogens with zero attached hydrogens (tertiary/aromatic N) is 2. The van der Waals surface area contributed by atoms with Gasteiger partial charge in [-0.25, -0.2) is 18.5 Å². The standard InChI is InChI=1S/C18H18N4O3S2.H2O/c1-11-9-13(6-7-14(11)15-5-3-4-8-20-15)10-16(23)22-18-21-12(2)17(26-18)27(19,24)25;/h3-9H,10H2,1-2H3,(H2,19,24,25)(H,21,22,23);1H2. The van der Waals surface area contributed by atoms with Crippen molar-refractivity contribution in [3.05, 3.63) is 59.4 Å². The lowest BCUT2D eigenvalue weighted by Crippen LogP contribution is -2.14. The van der Waals surface area contributed by atoms with Crippen molar-refractivity contribution in [2.24, 2.45) is 5.14 Å². The highest BCUT2D eigenvalue weighted by molar-refractivity contribution is 7.91. The van der Waals surface area contributed by atoms with Crippen LogP contribution in [0.4, 0.5) is 5.13 Å². The molecule has 148 valence electrons. The summed E-state index contributed by atoms with van der Waals surface area (Å²) in [5, 5.41) is 7.97. The van der Waals surface area contributed by atoms with Crippen molar-refractivity contribution in [2.45, 2.75) is 24.5 Å². The van der Waals surface area contributed by atoms with Gasteiger partial charge in [-0.05, 0) is 37.1 Å². The minimum atomic E-state index is -3.85. The fourth-order valence-electron chi connectivity index (χ4n) is 2.69. The molecular weight excluding hydrogens is 400 g/mol. The number of primary sulfonamides is 1. The molecule has 0 bridgehead atoms. The van der Waals surface area contributed by atoms with Crippen molar-refractivity contribution in [3.8, 4) is 11.3 Å². The van der Waals surface area contributed by atoms with Gasteiger partial charge in [-0.3, -0.25) is 9.78 Å². The van der Waals surface area contributed by atoms with E-state index in [1.807, 2.05) is 43.3 Å². The first-order valence-corrected chi connectivity index (χ1v) is 10.4. The zero-order valence-electron chi connectivity index (χ0n) is 15.3. The number of hydrogen-bond donors (Lipinski definition) is 2. The van der Waals surface area contributed by atoms with E-state index in [1.54, 1.807) is 6.20 Å². The van der Waals surface area contributed by atoms with Crippen molar-refractivity contribution in [1.82, 2.24) is 9.97 Å². The van der Waals surface area contributed by atoms with Crippen LogP contribution in [0.15, 0.2) is 46.8 Å². The van der Waals surface area contributed by atoms with E-state index in [0.29, 0.717) is 0 Å². The Morgan fingerprint density at radius 2 is 1.96 bits per heavy atom. The van der Waals surface area contributed by atoms with Crippen LogP contribution in [0.25, 0.3) is 11.3 Å². The van der Waals surface area contributed by atoms with Gasteiger partial charge in [0, 0.05) is 11.8 Å². The molecule has 0 unspecified atom stereocenters. The first-order valence-electron chi connectivity index (χ1n) is 8.05. The maximum atomic E-state index is 12.3. The molecule has 3 rings (SSSR count). The highest BCUT2D eigenvalue weighted by atomic mass is 32.2. The van der Waals surface area contributed by atoms with E-state index >= 15 is 0 Å². The molecule has 1 aromatic carbocycles. The van der Waals surface area contributed by atoms with E-state index in [0.717, 1.165) is 33.7 Å². The maximum Gasteiger partial charge on any atom is 0.249 e. The van der Waals surface area contributed by atoms with E-state index in [1.165, 1.54) is 6.92 Å². The van der Waals surface area contributed by atoms with Gasteiger partial charge in [0.1, 0.15) is 0 Å². The molecule has 3 aromatic rings. The molecule has 10 heteroatoms. The largest absolute Gasteiger partial charge is 0.412 e. The van der Waals surface area contributed by atoms with Gasteiger partial charge >= 0.3 is 0 Å². The predicted octanol–water partition coefficient (Wildman–Crippen LogP) is 1.83. The summed E-state index contributed by atoms with van der Waals surface area (Å²) in [5.74, 6) is -0.283. The molecule has 1 amide bonds. The van der Waals surface area contributed by atoms with Gasteiger partial charge in [0.2, 0.25) is 15.9 Å². The highest BCUT2D eigenvalue weighted by Gasteiger charge is 2.18. The van der Waals surface area contributed by atoms with Gasteiger partial charge in [-0.1, -0.05) is 35.6 Å². The van der Waals surface area contributed by atoms with E-state index in [-0.39, 0.29) is 32.8 Å². The van der Waals surface area contributed by atoms with Crippen LogP contribution in [0.2, 0.25) is 0 Å². The highest BCUT2D eigenvalue weighted by Crippen LogP contribution is 2.26. The number of aryl methyl sites for hydroxylation is 2. The van der Waals surface area contributed by atoms with Crippen LogP contribution in [0.3, 0.4) is 0 Å². The van der Waals surface area contributed by atoms with Gasteiger partial charge in [0.15, 0.2) is 9.34 Å². The number of sulfonamides is 1. The molecule has 0 aliphatic rings. The van der Waals surface area contributed by atoms with E-state index in [4.69, 9.17) is 5.14 Å². The van der Waals surface area contributed by atoms with E-state index < -0.39 is 10.0 Å². The summed E-state index contributed by atoms with van der Waals surface area (Å²) in [6, 6.07) is 11.5. The Morgan fingerprint density at radius 3 is 2.54 bits per heavy atom. The number of carbonyl (C=O) groups excluding carboxylic acids is 1. The third kappa shape index (κ3) is 4.98. The number of hydrogen-bond acceptors (Lipinski definition) is 6. The summed E-state index contributed by atoms with van der Waals surface area (Å²) in [4.78, 5) is 20.7. The Labute approximate surface area is 166 Å². The summed E-state index contributed by atoms with van der Waals surface area (Å²) in [7, 11) is -3.85. The molecule has 2 aromatic heterocycles. The van der Waals surface area contributed by atoms with Crippen molar-refractivity contribution in [2.75, 3.05) is 5.32 Å². The molecule has 0 saturated carbocycles. The number of nitrogens with one attached hydrogen (secondary N) is 1. The number of benzene rings is 1. The number of aromatic nitrogens is 2. The average Bonchev–Trinajstić information content (AvgIpc) is 2.96. The van der Waals surface area contributed by atoms with Crippen LogP contribution in [0.5, 0.6) is 0 Å². The lowest BCUT2D eigenvalue weighted by Gasteiger charge is -2.08.